The molecule has 1 aromatic heterocycles. The van der Waals surface area contributed by atoms with Gasteiger partial charge in [-0.2, -0.15) is 0 Å². The lowest BCUT2D eigenvalue weighted by Gasteiger charge is -2.30. The van der Waals surface area contributed by atoms with E-state index in [1.807, 2.05) is 37.3 Å². The highest BCUT2D eigenvalue weighted by atomic mass is 16.5. The van der Waals surface area contributed by atoms with E-state index >= 15 is 0 Å². The molecule has 4 rings (SSSR count). The zero-order chi connectivity index (χ0) is 22.7. The third kappa shape index (κ3) is 4.27. The third-order valence-corrected chi connectivity index (χ3v) is 6.50. The number of aromatic nitrogens is 1. The van der Waals surface area contributed by atoms with Gasteiger partial charge in [0.15, 0.2) is 0 Å². The lowest BCUT2D eigenvalue weighted by Crippen LogP contribution is -2.37. The predicted molar refractivity (Wildman–Crippen MR) is 132 cm³/mol. The molecule has 1 aliphatic carbocycles. The summed E-state index contributed by atoms with van der Waals surface area (Å²) in [6, 6.07) is 14.6. The minimum atomic E-state index is -0.169. The van der Waals surface area contributed by atoms with Gasteiger partial charge in [0, 0.05) is 34.8 Å². The van der Waals surface area contributed by atoms with Crippen LogP contribution in [0.3, 0.4) is 0 Å². The fourth-order valence-corrected chi connectivity index (χ4v) is 4.45. The van der Waals surface area contributed by atoms with E-state index in [2.05, 4.69) is 41.2 Å². The molecular weight excluding hydrogens is 400 g/mol. The molecular formula is C26H34N4O2. The Bertz CT molecular complexity index is 1080. The van der Waals surface area contributed by atoms with E-state index in [1.165, 1.54) is 6.42 Å². The van der Waals surface area contributed by atoms with Crippen molar-refractivity contribution in [3.63, 3.8) is 0 Å². The summed E-state index contributed by atoms with van der Waals surface area (Å²) < 4.78 is 8.14. The second-order valence-corrected chi connectivity index (χ2v) is 8.52. The molecule has 6 nitrogen and oxygen atoms in total. The van der Waals surface area contributed by atoms with Crippen molar-refractivity contribution in [2.45, 2.75) is 65.0 Å². The van der Waals surface area contributed by atoms with Gasteiger partial charge in [0.05, 0.1) is 23.5 Å². The number of anilines is 2. The molecule has 1 saturated carbocycles. The first-order valence-electron chi connectivity index (χ1n) is 11.8. The van der Waals surface area contributed by atoms with E-state index in [4.69, 9.17) is 10.5 Å². The summed E-state index contributed by atoms with van der Waals surface area (Å²) >= 11 is 0. The number of carbonyl (C=O) groups excluding carboxylic acids is 1. The van der Waals surface area contributed by atoms with E-state index < -0.39 is 0 Å². The van der Waals surface area contributed by atoms with Crippen molar-refractivity contribution in [1.82, 2.24) is 9.88 Å². The molecule has 0 saturated heterocycles. The Morgan fingerprint density at radius 2 is 1.84 bits per heavy atom. The van der Waals surface area contributed by atoms with Crippen LogP contribution < -0.4 is 21.1 Å². The van der Waals surface area contributed by atoms with Gasteiger partial charge in [0.2, 0.25) is 0 Å². The summed E-state index contributed by atoms with van der Waals surface area (Å²) in [5.74, 6) is 0.868. The summed E-state index contributed by atoms with van der Waals surface area (Å²) in [4.78, 5) is 12.3. The monoisotopic (exact) mass is 434 g/mol. The number of hydrogen-bond acceptors (Lipinski definition) is 3. The SMILES string of the molecule is CCOc1ccc2c(N)c(-c3ccc(NC(=O)NC(CC)CC)cc3)n(C3CCC3)c2c1. The maximum atomic E-state index is 12.3. The van der Waals surface area contributed by atoms with Crippen LogP contribution >= 0.6 is 0 Å². The zero-order valence-electron chi connectivity index (χ0n) is 19.3. The predicted octanol–water partition coefficient (Wildman–Crippen LogP) is 6.32. The summed E-state index contributed by atoms with van der Waals surface area (Å²) in [7, 11) is 0. The van der Waals surface area contributed by atoms with E-state index in [1.54, 1.807) is 0 Å². The minimum absolute atomic E-state index is 0.169. The number of fused-ring (bicyclic) bond motifs is 1. The van der Waals surface area contributed by atoms with Gasteiger partial charge in [0.25, 0.3) is 0 Å². The number of nitrogens with two attached hydrogens (primary N) is 1. The Kier molecular flexibility index (Phi) is 6.58. The Balaban J connectivity index is 1.65. The van der Waals surface area contributed by atoms with Crippen LogP contribution in [0.2, 0.25) is 0 Å². The summed E-state index contributed by atoms with van der Waals surface area (Å²) in [6.45, 7) is 6.78. The largest absolute Gasteiger partial charge is 0.494 e. The molecule has 2 aromatic carbocycles. The van der Waals surface area contributed by atoms with Crippen LogP contribution in [0.25, 0.3) is 22.2 Å². The molecule has 0 atom stereocenters. The first-order valence-corrected chi connectivity index (χ1v) is 11.8. The van der Waals surface area contributed by atoms with Gasteiger partial charge in [-0.05, 0) is 63.3 Å². The summed E-state index contributed by atoms with van der Waals surface area (Å²) in [5, 5.41) is 7.00. The Morgan fingerprint density at radius 1 is 1.12 bits per heavy atom. The standard InChI is InChI=1S/C26H34N4O2/c1-4-18(5-2)28-26(31)29-19-12-10-17(11-13-19)25-24(27)22-15-14-21(32-6-3)16-23(22)30(25)20-8-7-9-20/h10-16,18,20H,4-9,27H2,1-3H3,(H2,28,29,31). The Hall–Kier alpha value is -3.15. The van der Waals surface area contributed by atoms with Gasteiger partial charge in [0.1, 0.15) is 5.75 Å². The van der Waals surface area contributed by atoms with E-state index in [0.717, 1.165) is 65.0 Å². The molecule has 4 N–H and O–H groups in total. The molecule has 0 aliphatic heterocycles. The Morgan fingerprint density at radius 3 is 2.44 bits per heavy atom. The number of nitrogens with zero attached hydrogens (tertiary/aromatic N) is 1. The number of carbonyl (C=O) groups is 1. The number of nitrogens with one attached hydrogen (secondary N) is 2. The average Bonchev–Trinajstić information content (AvgIpc) is 3.03. The lowest BCUT2D eigenvalue weighted by molar-refractivity contribution is 0.247. The van der Waals surface area contributed by atoms with Crippen molar-refractivity contribution >= 4 is 28.3 Å². The van der Waals surface area contributed by atoms with Crippen molar-refractivity contribution in [3.05, 3.63) is 42.5 Å². The molecule has 6 heteroatoms. The van der Waals surface area contributed by atoms with Crippen LogP contribution in [0.5, 0.6) is 5.75 Å². The van der Waals surface area contributed by atoms with Crippen LogP contribution in [0.4, 0.5) is 16.2 Å². The van der Waals surface area contributed by atoms with Crippen molar-refractivity contribution in [2.75, 3.05) is 17.7 Å². The van der Waals surface area contributed by atoms with Gasteiger partial charge in [-0.3, -0.25) is 0 Å². The second-order valence-electron chi connectivity index (χ2n) is 8.52. The molecule has 0 radical (unpaired) electrons. The van der Waals surface area contributed by atoms with Crippen LogP contribution in [0.1, 0.15) is 58.9 Å². The van der Waals surface area contributed by atoms with E-state index in [0.29, 0.717) is 12.6 Å². The highest BCUT2D eigenvalue weighted by Gasteiger charge is 2.27. The van der Waals surface area contributed by atoms with Gasteiger partial charge in [-0.15, -0.1) is 0 Å². The molecule has 1 aliphatic rings. The maximum Gasteiger partial charge on any atom is 0.319 e. The van der Waals surface area contributed by atoms with Crippen LogP contribution in [0.15, 0.2) is 42.5 Å². The van der Waals surface area contributed by atoms with Crippen LogP contribution in [-0.4, -0.2) is 23.2 Å². The molecule has 2 amide bonds. The van der Waals surface area contributed by atoms with Gasteiger partial charge in [-0.1, -0.05) is 26.0 Å². The highest BCUT2D eigenvalue weighted by molar-refractivity contribution is 6.02. The van der Waals surface area contributed by atoms with Crippen molar-refractivity contribution < 1.29 is 9.53 Å². The van der Waals surface area contributed by atoms with Crippen molar-refractivity contribution in [1.29, 1.82) is 0 Å². The van der Waals surface area contributed by atoms with Gasteiger partial charge >= 0.3 is 6.03 Å². The van der Waals surface area contributed by atoms with Crippen LogP contribution in [0, 0.1) is 0 Å². The molecule has 32 heavy (non-hydrogen) atoms. The first-order chi connectivity index (χ1) is 15.5. The number of rotatable bonds is 8. The minimum Gasteiger partial charge on any atom is -0.494 e. The van der Waals surface area contributed by atoms with Crippen LogP contribution in [-0.2, 0) is 0 Å². The summed E-state index contributed by atoms with van der Waals surface area (Å²) in [6.07, 6.45) is 5.39. The molecule has 170 valence electrons. The maximum absolute atomic E-state index is 12.3. The fourth-order valence-electron chi connectivity index (χ4n) is 4.45. The molecule has 0 unspecified atom stereocenters. The molecule has 0 spiro atoms. The number of amides is 2. The first kappa shape index (κ1) is 22.1. The molecule has 1 fully saturated rings. The smallest absolute Gasteiger partial charge is 0.319 e. The molecule has 3 aromatic rings. The number of ether oxygens (including phenoxy) is 1. The molecule has 0 bridgehead atoms. The second kappa shape index (κ2) is 9.55. The van der Waals surface area contributed by atoms with Crippen molar-refractivity contribution in [2.24, 2.45) is 0 Å². The lowest BCUT2D eigenvalue weighted by atomic mass is 9.92. The van der Waals surface area contributed by atoms with E-state index in [9.17, 15) is 4.79 Å². The topological polar surface area (TPSA) is 81.3 Å². The number of nitrogen functional groups attached to an aromatic ring is 1. The normalized spacial score (nSPS) is 13.9. The average molecular weight is 435 g/mol. The summed E-state index contributed by atoms with van der Waals surface area (Å²) in [5.41, 5.74) is 11.5. The number of hydrogen-bond donors (Lipinski definition) is 3. The van der Waals surface area contributed by atoms with Gasteiger partial charge in [-0.25, -0.2) is 4.79 Å². The van der Waals surface area contributed by atoms with Gasteiger partial charge < -0.3 is 25.7 Å². The molecule has 1 heterocycles. The van der Waals surface area contributed by atoms with Crippen molar-refractivity contribution in [3.8, 4) is 17.0 Å². The van der Waals surface area contributed by atoms with E-state index in [-0.39, 0.29) is 12.1 Å². The fraction of sp³-hybridized carbons (Fsp3) is 0.423. The number of benzene rings is 2. The third-order valence-electron chi connectivity index (χ3n) is 6.50. The zero-order valence-corrected chi connectivity index (χ0v) is 19.3. The highest BCUT2D eigenvalue weighted by Crippen LogP contribution is 2.44. The number of urea groups is 1. The quantitative estimate of drug-likeness (QED) is 0.388. The Labute approximate surface area is 190 Å².